The van der Waals surface area contributed by atoms with Crippen molar-refractivity contribution in [2.24, 2.45) is 5.73 Å². The van der Waals surface area contributed by atoms with Crippen LogP contribution in [0.15, 0.2) is 30.3 Å². The lowest BCUT2D eigenvalue weighted by atomic mass is 10.1. The summed E-state index contributed by atoms with van der Waals surface area (Å²) < 4.78 is 2.05. The van der Waals surface area contributed by atoms with E-state index >= 15 is 0 Å². The molecule has 0 radical (unpaired) electrons. The second-order valence-electron chi connectivity index (χ2n) is 6.97. The number of hydrogen-bond acceptors (Lipinski definition) is 4. The number of nitrogens with one attached hydrogen (secondary N) is 1. The molecule has 0 saturated heterocycles. The van der Waals surface area contributed by atoms with Crippen molar-refractivity contribution in [2.75, 3.05) is 27.2 Å². The number of amides is 2. The second-order valence-corrected chi connectivity index (χ2v) is 6.97. The van der Waals surface area contributed by atoms with E-state index in [0.717, 1.165) is 38.3 Å². The van der Waals surface area contributed by atoms with Gasteiger partial charge in [-0.05, 0) is 30.2 Å². The first-order valence-corrected chi connectivity index (χ1v) is 9.06. The summed E-state index contributed by atoms with van der Waals surface area (Å²) in [6, 6.07) is 10.7. The lowest BCUT2D eigenvalue weighted by Crippen LogP contribution is -2.34. The minimum atomic E-state index is -0.101. The van der Waals surface area contributed by atoms with Gasteiger partial charge in [-0.3, -0.25) is 9.58 Å². The van der Waals surface area contributed by atoms with Gasteiger partial charge < -0.3 is 16.0 Å². The van der Waals surface area contributed by atoms with Gasteiger partial charge in [0.2, 0.25) is 0 Å². The Balaban J connectivity index is 0.00000196. The van der Waals surface area contributed by atoms with Crippen molar-refractivity contribution >= 4 is 30.8 Å². The number of carbonyl (C=O) groups is 1. The van der Waals surface area contributed by atoms with Crippen LogP contribution in [0.4, 0.5) is 4.79 Å². The Morgan fingerprint density at radius 2 is 1.86 bits per heavy atom. The molecule has 2 heterocycles. The van der Waals surface area contributed by atoms with E-state index in [0.29, 0.717) is 13.1 Å². The molecule has 1 aliphatic heterocycles. The van der Waals surface area contributed by atoms with E-state index in [1.807, 2.05) is 0 Å². The zero-order valence-electron chi connectivity index (χ0n) is 16.4. The van der Waals surface area contributed by atoms with Crippen LogP contribution in [0.25, 0.3) is 0 Å². The topological polar surface area (TPSA) is 79.4 Å². The molecule has 0 atom stereocenters. The molecule has 1 aromatic carbocycles. The number of aromatic nitrogens is 2. The SMILES string of the molecule is CN(C)C(=O)NCc1cc2n(n1)CCN(Cc1ccc(CCN)cc1)C2.Cl.Cl. The van der Waals surface area contributed by atoms with E-state index < -0.39 is 0 Å². The summed E-state index contributed by atoms with van der Waals surface area (Å²) in [4.78, 5) is 15.6. The van der Waals surface area contributed by atoms with Crippen LogP contribution in [0.2, 0.25) is 0 Å². The van der Waals surface area contributed by atoms with Gasteiger partial charge in [0.25, 0.3) is 0 Å². The quantitative estimate of drug-likeness (QED) is 0.737. The first kappa shape index (κ1) is 24.2. The Morgan fingerprint density at radius 3 is 2.50 bits per heavy atom. The minimum absolute atomic E-state index is 0. The molecule has 0 fully saturated rings. The fourth-order valence-corrected chi connectivity index (χ4v) is 3.16. The van der Waals surface area contributed by atoms with Crippen molar-refractivity contribution < 1.29 is 4.79 Å². The van der Waals surface area contributed by atoms with Crippen LogP contribution in [0.1, 0.15) is 22.5 Å². The number of hydrogen-bond donors (Lipinski definition) is 2. The number of benzene rings is 1. The van der Waals surface area contributed by atoms with E-state index in [4.69, 9.17) is 5.73 Å². The molecule has 3 N–H and O–H groups in total. The van der Waals surface area contributed by atoms with Gasteiger partial charge in [-0.1, -0.05) is 24.3 Å². The average Bonchev–Trinajstić information content (AvgIpc) is 3.03. The normalized spacial score (nSPS) is 13.1. The van der Waals surface area contributed by atoms with Crippen molar-refractivity contribution in [3.63, 3.8) is 0 Å². The molecular formula is C19H30Cl2N6O. The molecule has 28 heavy (non-hydrogen) atoms. The van der Waals surface area contributed by atoms with Gasteiger partial charge in [-0.25, -0.2) is 4.79 Å². The highest BCUT2D eigenvalue weighted by atomic mass is 35.5. The van der Waals surface area contributed by atoms with Crippen LogP contribution in [0.5, 0.6) is 0 Å². The molecule has 2 amide bonds. The second kappa shape index (κ2) is 11.3. The molecule has 0 aliphatic carbocycles. The number of carbonyl (C=O) groups excluding carboxylic acids is 1. The minimum Gasteiger partial charge on any atom is -0.332 e. The molecule has 1 aliphatic rings. The van der Waals surface area contributed by atoms with Gasteiger partial charge in [0, 0.05) is 33.7 Å². The van der Waals surface area contributed by atoms with Crippen LogP contribution < -0.4 is 11.1 Å². The molecule has 7 nitrogen and oxygen atoms in total. The molecule has 3 rings (SSSR count). The number of fused-ring (bicyclic) bond motifs is 1. The van der Waals surface area contributed by atoms with Crippen LogP contribution in [-0.4, -0.2) is 52.8 Å². The molecule has 0 spiro atoms. The third-order valence-corrected chi connectivity index (χ3v) is 4.62. The fraction of sp³-hybridized carbons (Fsp3) is 0.474. The summed E-state index contributed by atoms with van der Waals surface area (Å²) in [7, 11) is 3.46. The van der Waals surface area contributed by atoms with Crippen LogP contribution in [0, 0.1) is 0 Å². The average molecular weight is 429 g/mol. The van der Waals surface area contributed by atoms with Gasteiger partial charge in [-0.15, -0.1) is 24.8 Å². The summed E-state index contributed by atoms with van der Waals surface area (Å²) in [5.74, 6) is 0. The van der Waals surface area contributed by atoms with Gasteiger partial charge in [0.1, 0.15) is 0 Å². The molecule has 0 bridgehead atoms. The number of nitrogens with two attached hydrogens (primary N) is 1. The summed E-state index contributed by atoms with van der Waals surface area (Å²) in [6.45, 7) is 4.80. The predicted octanol–water partition coefficient (Wildman–Crippen LogP) is 2.01. The van der Waals surface area contributed by atoms with E-state index in [1.165, 1.54) is 21.7 Å². The zero-order valence-corrected chi connectivity index (χ0v) is 18.1. The standard InChI is InChI=1S/C19H28N6O.2ClH/c1-23(2)19(26)21-12-17-11-18-14-24(9-10-25(18)22-17)13-16-5-3-15(4-6-16)7-8-20;;/h3-6,11H,7-10,12-14,20H2,1-2H3,(H,21,26);2*1H. The maximum absolute atomic E-state index is 11.6. The van der Waals surface area contributed by atoms with E-state index in [2.05, 4.69) is 50.3 Å². The van der Waals surface area contributed by atoms with E-state index in [-0.39, 0.29) is 30.8 Å². The van der Waals surface area contributed by atoms with Gasteiger partial charge in [0.15, 0.2) is 0 Å². The number of rotatable bonds is 6. The van der Waals surface area contributed by atoms with Crippen LogP contribution >= 0.6 is 24.8 Å². The zero-order chi connectivity index (χ0) is 18.5. The van der Waals surface area contributed by atoms with Gasteiger partial charge in [-0.2, -0.15) is 5.10 Å². The maximum Gasteiger partial charge on any atom is 0.317 e. The molecular weight excluding hydrogens is 399 g/mol. The Hall–Kier alpha value is -1.80. The van der Waals surface area contributed by atoms with Crippen LogP contribution in [0.3, 0.4) is 0 Å². The first-order chi connectivity index (χ1) is 12.5. The molecule has 2 aromatic rings. The summed E-state index contributed by atoms with van der Waals surface area (Å²) >= 11 is 0. The number of halogens is 2. The highest BCUT2D eigenvalue weighted by molar-refractivity contribution is 5.85. The van der Waals surface area contributed by atoms with Gasteiger partial charge >= 0.3 is 6.03 Å². The van der Waals surface area contributed by atoms with Gasteiger partial charge in [0.05, 0.1) is 24.5 Å². The molecule has 9 heteroatoms. The summed E-state index contributed by atoms with van der Waals surface area (Å²) in [6.07, 6.45) is 0.927. The predicted molar refractivity (Wildman–Crippen MR) is 116 cm³/mol. The molecule has 156 valence electrons. The van der Waals surface area contributed by atoms with E-state index in [1.54, 1.807) is 14.1 Å². The van der Waals surface area contributed by atoms with Crippen LogP contribution in [-0.2, 0) is 32.6 Å². The number of nitrogens with zero attached hydrogens (tertiary/aromatic N) is 4. The van der Waals surface area contributed by atoms with Crippen molar-refractivity contribution in [1.82, 2.24) is 24.9 Å². The Labute approximate surface area is 179 Å². The third kappa shape index (κ3) is 6.38. The Kier molecular flexibility index (Phi) is 9.75. The van der Waals surface area contributed by atoms with Crippen molar-refractivity contribution in [3.8, 4) is 0 Å². The number of urea groups is 1. The molecule has 0 saturated carbocycles. The fourth-order valence-electron chi connectivity index (χ4n) is 3.16. The summed E-state index contributed by atoms with van der Waals surface area (Å²) in [5.41, 5.74) is 10.3. The van der Waals surface area contributed by atoms with Crippen molar-refractivity contribution in [1.29, 1.82) is 0 Å². The van der Waals surface area contributed by atoms with Crippen molar-refractivity contribution in [2.45, 2.75) is 32.6 Å². The summed E-state index contributed by atoms with van der Waals surface area (Å²) in [5, 5.41) is 7.46. The largest absolute Gasteiger partial charge is 0.332 e. The Bertz CT molecular complexity index is 747. The molecule has 1 aromatic heterocycles. The lowest BCUT2D eigenvalue weighted by Gasteiger charge is -2.27. The first-order valence-electron chi connectivity index (χ1n) is 9.06. The Morgan fingerprint density at radius 1 is 1.18 bits per heavy atom. The maximum atomic E-state index is 11.6. The highest BCUT2D eigenvalue weighted by Gasteiger charge is 2.18. The monoisotopic (exact) mass is 428 g/mol. The lowest BCUT2D eigenvalue weighted by molar-refractivity contribution is 0.205. The highest BCUT2D eigenvalue weighted by Crippen LogP contribution is 2.17. The van der Waals surface area contributed by atoms with E-state index in [9.17, 15) is 4.79 Å². The molecule has 0 unspecified atom stereocenters. The smallest absolute Gasteiger partial charge is 0.317 e. The third-order valence-electron chi connectivity index (χ3n) is 4.62. The van der Waals surface area contributed by atoms with Crippen molar-refractivity contribution in [3.05, 3.63) is 52.8 Å².